The van der Waals surface area contributed by atoms with E-state index in [0.717, 1.165) is 44.0 Å². The summed E-state index contributed by atoms with van der Waals surface area (Å²) in [6, 6.07) is 27.4. The number of para-hydroxylation sites is 1. The number of aryl methyl sites for hydroxylation is 2. The molecule has 0 saturated carbocycles. The van der Waals surface area contributed by atoms with Crippen molar-refractivity contribution in [2.24, 2.45) is 0 Å². The summed E-state index contributed by atoms with van der Waals surface area (Å²) in [4.78, 5) is 4.80. The summed E-state index contributed by atoms with van der Waals surface area (Å²) in [7, 11) is 0. The fourth-order valence-corrected chi connectivity index (χ4v) is 4.49. The third kappa shape index (κ3) is 4.93. The Labute approximate surface area is 193 Å². The highest BCUT2D eigenvalue weighted by Crippen LogP contribution is 2.29. The number of tetrazole rings is 1. The number of anilines is 1. The lowest BCUT2D eigenvalue weighted by Crippen LogP contribution is -2.48. The molecule has 0 bridgehead atoms. The number of rotatable bonds is 7. The van der Waals surface area contributed by atoms with Crippen molar-refractivity contribution in [3.05, 3.63) is 108 Å². The van der Waals surface area contributed by atoms with Gasteiger partial charge in [0.25, 0.3) is 0 Å². The van der Waals surface area contributed by atoms with Crippen LogP contribution in [0, 0.1) is 5.82 Å². The van der Waals surface area contributed by atoms with Gasteiger partial charge in [0.15, 0.2) is 5.82 Å². The average molecular weight is 443 g/mol. The molecule has 5 rings (SSSR count). The highest BCUT2D eigenvalue weighted by atomic mass is 19.1. The summed E-state index contributed by atoms with van der Waals surface area (Å²) in [5.41, 5.74) is 3.48. The monoisotopic (exact) mass is 442 g/mol. The fraction of sp³-hybridized carbons (Fsp3) is 0.269. The maximum atomic E-state index is 13.7. The molecule has 6 nitrogen and oxygen atoms in total. The Hall–Kier alpha value is -3.58. The highest BCUT2D eigenvalue weighted by Gasteiger charge is 2.30. The second kappa shape index (κ2) is 9.92. The first-order valence-corrected chi connectivity index (χ1v) is 11.4. The average Bonchev–Trinajstić information content (AvgIpc) is 3.34. The van der Waals surface area contributed by atoms with Gasteiger partial charge < -0.3 is 4.90 Å². The van der Waals surface area contributed by atoms with E-state index < -0.39 is 0 Å². The van der Waals surface area contributed by atoms with Crippen molar-refractivity contribution in [1.82, 2.24) is 25.1 Å². The van der Waals surface area contributed by atoms with Crippen LogP contribution < -0.4 is 4.90 Å². The van der Waals surface area contributed by atoms with E-state index in [0.29, 0.717) is 6.54 Å². The molecule has 1 aromatic heterocycles. The SMILES string of the molecule is Fc1ccc([C@@H](c2nnnn2CCc2ccccc2)N2CCN(c3ccccc3)CC2)cc1. The van der Waals surface area contributed by atoms with E-state index in [4.69, 9.17) is 0 Å². The van der Waals surface area contributed by atoms with Crippen LogP contribution in [0.3, 0.4) is 0 Å². The van der Waals surface area contributed by atoms with Crippen molar-refractivity contribution in [3.63, 3.8) is 0 Å². The van der Waals surface area contributed by atoms with Gasteiger partial charge >= 0.3 is 0 Å². The second-order valence-corrected chi connectivity index (χ2v) is 8.31. The lowest BCUT2D eigenvalue weighted by atomic mass is 10.0. The highest BCUT2D eigenvalue weighted by molar-refractivity contribution is 5.46. The molecular weight excluding hydrogens is 415 g/mol. The molecule has 0 radical (unpaired) electrons. The molecule has 1 saturated heterocycles. The van der Waals surface area contributed by atoms with Crippen molar-refractivity contribution < 1.29 is 4.39 Å². The third-order valence-corrected chi connectivity index (χ3v) is 6.25. The van der Waals surface area contributed by atoms with Crippen LogP contribution in [0.2, 0.25) is 0 Å². The predicted molar refractivity (Wildman–Crippen MR) is 126 cm³/mol. The molecule has 168 valence electrons. The Balaban J connectivity index is 1.38. The third-order valence-electron chi connectivity index (χ3n) is 6.25. The van der Waals surface area contributed by atoms with E-state index >= 15 is 0 Å². The van der Waals surface area contributed by atoms with Gasteiger partial charge in [0.1, 0.15) is 5.82 Å². The van der Waals surface area contributed by atoms with Crippen LogP contribution in [0.5, 0.6) is 0 Å². The van der Waals surface area contributed by atoms with Crippen molar-refractivity contribution in [1.29, 1.82) is 0 Å². The first kappa shape index (κ1) is 21.3. The number of aromatic nitrogens is 4. The largest absolute Gasteiger partial charge is 0.369 e. The van der Waals surface area contributed by atoms with E-state index in [2.05, 4.69) is 61.7 Å². The van der Waals surface area contributed by atoms with E-state index in [1.54, 1.807) is 0 Å². The summed E-state index contributed by atoms with van der Waals surface area (Å²) in [6.07, 6.45) is 0.844. The molecule has 4 aromatic rings. The Morgan fingerprint density at radius 3 is 2.15 bits per heavy atom. The quantitative estimate of drug-likeness (QED) is 0.434. The van der Waals surface area contributed by atoms with Crippen LogP contribution in [-0.2, 0) is 13.0 Å². The van der Waals surface area contributed by atoms with Crippen LogP contribution in [0.1, 0.15) is 23.0 Å². The lowest BCUT2D eigenvalue weighted by Gasteiger charge is -2.39. The molecule has 3 aromatic carbocycles. The maximum Gasteiger partial charge on any atom is 0.173 e. The second-order valence-electron chi connectivity index (χ2n) is 8.31. The van der Waals surface area contributed by atoms with Crippen molar-refractivity contribution in [2.75, 3.05) is 31.1 Å². The van der Waals surface area contributed by atoms with Crippen LogP contribution in [0.25, 0.3) is 0 Å². The zero-order valence-corrected chi connectivity index (χ0v) is 18.5. The zero-order valence-electron chi connectivity index (χ0n) is 18.5. The summed E-state index contributed by atoms with van der Waals surface area (Å²) in [5, 5.41) is 12.7. The number of hydrogen-bond acceptors (Lipinski definition) is 5. The predicted octanol–water partition coefficient (Wildman–Crippen LogP) is 3.97. The van der Waals surface area contributed by atoms with Crippen molar-refractivity contribution >= 4 is 5.69 Å². The fourth-order valence-electron chi connectivity index (χ4n) is 4.49. The Bertz CT molecular complexity index is 1140. The van der Waals surface area contributed by atoms with Crippen LogP contribution >= 0.6 is 0 Å². The first-order valence-electron chi connectivity index (χ1n) is 11.4. The smallest absolute Gasteiger partial charge is 0.173 e. The molecule has 1 atom stereocenters. The molecule has 0 N–H and O–H groups in total. The Kier molecular flexibility index (Phi) is 6.39. The van der Waals surface area contributed by atoms with Crippen LogP contribution in [-0.4, -0.2) is 51.3 Å². The van der Waals surface area contributed by atoms with Gasteiger partial charge in [-0.25, -0.2) is 9.07 Å². The molecule has 1 aliphatic rings. The van der Waals surface area contributed by atoms with Gasteiger partial charge in [-0.15, -0.1) is 5.10 Å². The number of nitrogens with zero attached hydrogens (tertiary/aromatic N) is 6. The van der Waals surface area contributed by atoms with Gasteiger partial charge in [-0.1, -0.05) is 60.7 Å². The molecule has 0 amide bonds. The molecule has 1 fully saturated rings. The topological polar surface area (TPSA) is 50.1 Å². The summed E-state index contributed by atoms with van der Waals surface area (Å²) in [5.74, 6) is 0.556. The van der Waals surface area contributed by atoms with Crippen molar-refractivity contribution in [3.8, 4) is 0 Å². The molecular formula is C26H27FN6. The molecule has 0 unspecified atom stereocenters. The molecule has 0 spiro atoms. The molecule has 0 aliphatic carbocycles. The molecule has 1 aliphatic heterocycles. The first-order chi connectivity index (χ1) is 16.3. The maximum absolute atomic E-state index is 13.7. The summed E-state index contributed by atoms with van der Waals surface area (Å²) in [6.45, 7) is 4.24. The van der Waals surface area contributed by atoms with Gasteiger partial charge in [-0.2, -0.15) is 0 Å². The summed E-state index contributed by atoms with van der Waals surface area (Å²) < 4.78 is 15.6. The lowest BCUT2D eigenvalue weighted by molar-refractivity contribution is 0.200. The van der Waals surface area contributed by atoms with E-state index in [9.17, 15) is 4.39 Å². The minimum Gasteiger partial charge on any atom is -0.369 e. The minimum absolute atomic E-state index is 0.130. The number of halogens is 1. The molecule has 7 heteroatoms. The Morgan fingerprint density at radius 2 is 1.45 bits per heavy atom. The van der Waals surface area contributed by atoms with Gasteiger partial charge in [0.2, 0.25) is 0 Å². The normalized spacial score (nSPS) is 15.5. The number of piperazine rings is 1. The van der Waals surface area contributed by atoms with Gasteiger partial charge in [0.05, 0.1) is 6.04 Å². The Morgan fingerprint density at radius 1 is 0.788 bits per heavy atom. The van der Waals surface area contributed by atoms with Crippen LogP contribution in [0.15, 0.2) is 84.9 Å². The van der Waals surface area contributed by atoms with Gasteiger partial charge in [-0.3, -0.25) is 4.90 Å². The molecule has 2 heterocycles. The number of benzene rings is 3. The minimum atomic E-state index is -0.241. The van der Waals surface area contributed by atoms with E-state index in [1.165, 1.54) is 23.4 Å². The van der Waals surface area contributed by atoms with Gasteiger partial charge in [-0.05, 0) is 52.2 Å². The number of hydrogen-bond donors (Lipinski definition) is 0. The van der Waals surface area contributed by atoms with E-state index in [-0.39, 0.29) is 11.9 Å². The van der Waals surface area contributed by atoms with E-state index in [1.807, 2.05) is 41.1 Å². The van der Waals surface area contributed by atoms with Crippen molar-refractivity contribution in [2.45, 2.75) is 19.0 Å². The van der Waals surface area contributed by atoms with Crippen LogP contribution in [0.4, 0.5) is 10.1 Å². The standard InChI is InChI=1S/C26H27FN6/c27-23-13-11-22(12-14-23)25(32-19-17-31(18-20-32)24-9-5-2-6-10-24)26-28-29-30-33(26)16-15-21-7-3-1-4-8-21/h1-14,25H,15-20H2/t25-/m0/s1. The summed E-state index contributed by atoms with van der Waals surface area (Å²) >= 11 is 0. The zero-order chi connectivity index (χ0) is 22.5. The van der Waals surface area contributed by atoms with Gasteiger partial charge in [0, 0.05) is 38.4 Å². The molecule has 33 heavy (non-hydrogen) atoms.